The Hall–Kier alpha value is -0.310. The minimum absolute atomic E-state index is 0.859. The summed E-state index contributed by atoms with van der Waals surface area (Å²) in [5, 5.41) is 4.93. The highest BCUT2D eigenvalue weighted by molar-refractivity contribution is 7.20. The third kappa shape index (κ3) is 1.34. The average molecular weight is 201 g/mol. The maximum Gasteiger partial charge on any atom is 0.0628 e. The largest absolute Gasteiger partial charge is 0.143 e. The molecule has 2 rings (SSSR count). The molecule has 0 nitrogen and oxygen atoms in total. The Balaban J connectivity index is 2.53. The summed E-state index contributed by atoms with van der Waals surface area (Å²) in [5.41, 5.74) is 0. The average Bonchev–Trinajstić information content (AvgIpc) is 2.55. The SMILES string of the molecule is Clc1ccsc1-c1cccs1. The lowest BCUT2D eigenvalue weighted by Crippen LogP contribution is -1.60. The fourth-order valence-corrected chi connectivity index (χ4v) is 2.98. The van der Waals surface area contributed by atoms with Gasteiger partial charge in [0.1, 0.15) is 0 Å². The van der Waals surface area contributed by atoms with E-state index in [1.165, 1.54) is 9.75 Å². The Labute approximate surface area is 78.1 Å². The van der Waals surface area contributed by atoms with Gasteiger partial charge in [0.05, 0.1) is 9.90 Å². The number of thiophene rings is 2. The van der Waals surface area contributed by atoms with E-state index in [1.54, 1.807) is 22.7 Å². The van der Waals surface area contributed by atoms with E-state index < -0.39 is 0 Å². The fourth-order valence-electron chi connectivity index (χ4n) is 0.877. The van der Waals surface area contributed by atoms with Crippen molar-refractivity contribution in [2.75, 3.05) is 0 Å². The molecule has 0 spiro atoms. The van der Waals surface area contributed by atoms with Crippen LogP contribution in [0.4, 0.5) is 0 Å². The van der Waals surface area contributed by atoms with E-state index in [4.69, 9.17) is 11.6 Å². The van der Waals surface area contributed by atoms with Crippen molar-refractivity contribution in [3.8, 4) is 9.75 Å². The highest BCUT2D eigenvalue weighted by Crippen LogP contribution is 2.35. The summed E-state index contributed by atoms with van der Waals surface area (Å²) in [7, 11) is 0. The molecule has 11 heavy (non-hydrogen) atoms. The van der Waals surface area contributed by atoms with E-state index in [1.807, 2.05) is 17.5 Å². The number of halogens is 1. The molecule has 2 aromatic rings. The van der Waals surface area contributed by atoms with Crippen LogP contribution >= 0.6 is 34.3 Å². The first kappa shape index (κ1) is 7.35. The molecule has 0 N–H and O–H groups in total. The van der Waals surface area contributed by atoms with Gasteiger partial charge >= 0.3 is 0 Å². The Kier molecular flexibility index (Phi) is 1.98. The molecular formula is C8H5ClS2. The normalized spacial score (nSPS) is 10.3. The van der Waals surface area contributed by atoms with Crippen LogP contribution < -0.4 is 0 Å². The number of rotatable bonds is 1. The maximum absolute atomic E-state index is 5.95. The molecule has 3 heteroatoms. The second kappa shape index (κ2) is 2.97. The fraction of sp³-hybridized carbons (Fsp3) is 0. The van der Waals surface area contributed by atoms with Gasteiger partial charge in [-0.3, -0.25) is 0 Å². The molecule has 0 unspecified atom stereocenters. The van der Waals surface area contributed by atoms with E-state index in [0.717, 1.165) is 5.02 Å². The van der Waals surface area contributed by atoms with Gasteiger partial charge in [-0.15, -0.1) is 22.7 Å². The van der Waals surface area contributed by atoms with Crippen molar-refractivity contribution >= 4 is 34.3 Å². The van der Waals surface area contributed by atoms with Gasteiger partial charge in [0.15, 0.2) is 0 Å². The summed E-state index contributed by atoms with van der Waals surface area (Å²) in [6.45, 7) is 0. The zero-order valence-electron chi connectivity index (χ0n) is 5.58. The van der Waals surface area contributed by atoms with Crippen molar-refractivity contribution in [2.24, 2.45) is 0 Å². The van der Waals surface area contributed by atoms with Crippen LogP contribution in [0.2, 0.25) is 5.02 Å². The van der Waals surface area contributed by atoms with Crippen LogP contribution in [0.5, 0.6) is 0 Å². The van der Waals surface area contributed by atoms with Gasteiger partial charge in [0.25, 0.3) is 0 Å². The van der Waals surface area contributed by atoms with Crippen molar-refractivity contribution in [2.45, 2.75) is 0 Å². The smallest absolute Gasteiger partial charge is 0.0628 e. The third-order valence-electron chi connectivity index (χ3n) is 1.36. The Morgan fingerprint density at radius 1 is 1.09 bits per heavy atom. The summed E-state index contributed by atoms with van der Waals surface area (Å²) in [5.74, 6) is 0. The van der Waals surface area contributed by atoms with Gasteiger partial charge in [-0.1, -0.05) is 17.7 Å². The molecule has 0 bridgehead atoms. The monoisotopic (exact) mass is 200 g/mol. The predicted molar refractivity (Wildman–Crippen MR) is 52.6 cm³/mol. The Morgan fingerprint density at radius 2 is 2.00 bits per heavy atom. The van der Waals surface area contributed by atoms with Crippen LogP contribution in [0.3, 0.4) is 0 Å². The molecule has 0 saturated heterocycles. The molecule has 2 heterocycles. The molecule has 0 saturated carbocycles. The molecule has 0 aliphatic heterocycles. The maximum atomic E-state index is 5.95. The number of hydrogen-bond donors (Lipinski definition) is 0. The molecule has 0 aromatic carbocycles. The first-order chi connectivity index (χ1) is 5.38. The number of hydrogen-bond acceptors (Lipinski definition) is 2. The highest BCUT2D eigenvalue weighted by Gasteiger charge is 2.04. The summed E-state index contributed by atoms with van der Waals surface area (Å²) >= 11 is 9.35. The van der Waals surface area contributed by atoms with Gasteiger partial charge in [0, 0.05) is 4.88 Å². The van der Waals surface area contributed by atoms with Crippen LogP contribution in [0.1, 0.15) is 0 Å². The van der Waals surface area contributed by atoms with Crippen LogP contribution in [0.15, 0.2) is 29.0 Å². The first-order valence-corrected chi connectivity index (χ1v) is 5.28. The second-order valence-corrected chi connectivity index (χ2v) is 4.35. The standard InChI is InChI=1S/C8H5ClS2/c9-6-3-5-11-8(6)7-2-1-4-10-7/h1-5H. The molecule has 0 aliphatic rings. The van der Waals surface area contributed by atoms with Crippen molar-refractivity contribution < 1.29 is 0 Å². The van der Waals surface area contributed by atoms with E-state index in [-0.39, 0.29) is 0 Å². The van der Waals surface area contributed by atoms with E-state index >= 15 is 0 Å². The molecular weight excluding hydrogens is 196 g/mol. The summed E-state index contributed by atoms with van der Waals surface area (Å²) in [6, 6.07) is 6.06. The van der Waals surface area contributed by atoms with Gasteiger partial charge in [-0.05, 0) is 22.9 Å². The molecule has 0 radical (unpaired) electrons. The molecule has 0 fully saturated rings. The van der Waals surface area contributed by atoms with Crippen LogP contribution in [-0.2, 0) is 0 Å². The minimum atomic E-state index is 0.859. The van der Waals surface area contributed by atoms with Crippen LogP contribution in [-0.4, -0.2) is 0 Å². The van der Waals surface area contributed by atoms with Crippen molar-refractivity contribution in [1.29, 1.82) is 0 Å². The topological polar surface area (TPSA) is 0 Å². The van der Waals surface area contributed by atoms with Crippen LogP contribution in [0, 0.1) is 0 Å². The highest BCUT2D eigenvalue weighted by atomic mass is 35.5. The summed E-state index contributed by atoms with van der Waals surface area (Å²) in [6.07, 6.45) is 0. The predicted octanol–water partition coefficient (Wildman–Crippen LogP) is 4.13. The molecule has 2 aromatic heterocycles. The van der Waals surface area contributed by atoms with Gasteiger partial charge in [-0.2, -0.15) is 0 Å². The lowest BCUT2D eigenvalue weighted by atomic mass is 10.4. The van der Waals surface area contributed by atoms with Crippen molar-refractivity contribution in [1.82, 2.24) is 0 Å². The van der Waals surface area contributed by atoms with Gasteiger partial charge < -0.3 is 0 Å². The van der Waals surface area contributed by atoms with E-state index in [2.05, 4.69) is 11.4 Å². The van der Waals surface area contributed by atoms with Crippen molar-refractivity contribution in [3.05, 3.63) is 34.0 Å². The zero-order chi connectivity index (χ0) is 7.68. The van der Waals surface area contributed by atoms with Gasteiger partial charge in [0.2, 0.25) is 0 Å². The minimum Gasteiger partial charge on any atom is -0.143 e. The molecule has 0 atom stereocenters. The quantitative estimate of drug-likeness (QED) is 0.650. The summed E-state index contributed by atoms with van der Waals surface area (Å²) < 4.78 is 0. The first-order valence-electron chi connectivity index (χ1n) is 3.15. The molecule has 56 valence electrons. The lowest BCUT2D eigenvalue weighted by molar-refractivity contribution is 1.93. The molecule has 0 amide bonds. The zero-order valence-corrected chi connectivity index (χ0v) is 7.97. The second-order valence-electron chi connectivity index (χ2n) is 2.07. The van der Waals surface area contributed by atoms with Crippen LogP contribution in [0.25, 0.3) is 9.75 Å². The Morgan fingerprint density at radius 3 is 2.55 bits per heavy atom. The third-order valence-corrected chi connectivity index (χ3v) is 3.75. The van der Waals surface area contributed by atoms with E-state index in [0.29, 0.717) is 0 Å². The van der Waals surface area contributed by atoms with Crippen molar-refractivity contribution in [3.63, 3.8) is 0 Å². The van der Waals surface area contributed by atoms with Gasteiger partial charge in [-0.25, -0.2) is 0 Å². The summed E-state index contributed by atoms with van der Waals surface area (Å²) in [4.78, 5) is 2.44. The lowest BCUT2D eigenvalue weighted by Gasteiger charge is -1.89. The van der Waals surface area contributed by atoms with E-state index in [9.17, 15) is 0 Å². The molecule has 0 aliphatic carbocycles. The Bertz CT molecular complexity index is 335.